The van der Waals surface area contributed by atoms with Gasteiger partial charge in [0.2, 0.25) is 0 Å². The number of unbranched alkanes of at least 4 members (excludes halogenated alkanes) is 4. The molecule has 8 heteroatoms. The molecule has 0 aromatic heterocycles. The minimum absolute atomic E-state index is 0.458. The highest BCUT2D eigenvalue weighted by Gasteiger charge is 2.35. The Bertz CT molecular complexity index is 309. The predicted molar refractivity (Wildman–Crippen MR) is 138 cm³/mol. The minimum atomic E-state index is -1.47. The lowest BCUT2D eigenvalue weighted by molar-refractivity contribution is -0.497. The van der Waals surface area contributed by atoms with Crippen molar-refractivity contribution in [3.05, 3.63) is 0 Å². The largest absolute Gasteiger partial charge is 0.412 e. The summed E-state index contributed by atoms with van der Waals surface area (Å²) in [5, 5.41) is 13.6. The second-order valence-electron chi connectivity index (χ2n) is 8.31. The molecule has 200 valence electrons. The lowest BCUT2D eigenvalue weighted by atomic mass is 10.3. The maximum absolute atomic E-state index is 6.08. The van der Waals surface area contributed by atoms with Crippen LogP contribution in [0.5, 0.6) is 0 Å². The highest BCUT2D eigenvalue weighted by atomic mass is 17.0. The van der Waals surface area contributed by atoms with Crippen LogP contribution in [0.1, 0.15) is 79.1 Å². The van der Waals surface area contributed by atoms with Crippen LogP contribution >= 0.6 is 0 Å². The Morgan fingerprint density at radius 3 is 0.848 bits per heavy atom. The first-order valence-corrected chi connectivity index (χ1v) is 13.6. The fourth-order valence-corrected chi connectivity index (χ4v) is 2.95. The van der Waals surface area contributed by atoms with E-state index in [-0.39, 0.29) is 0 Å². The second-order valence-corrected chi connectivity index (χ2v) is 8.31. The van der Waals surface area contributed by atoms with Crippen molar-refractivity contribution < 1.29 is 18.9 Å². The fraction of sp³-hybridized carbons (Fsp3) is 1.00. The Kier molecular flexibility index (Phi) is 26.0. The van der Waals surface area contributed by atoms with Crippen molar-refractivity contribution >= 4 is 0 Å². The fourth-order valence-electron chi connectivity index (χ4n) is 2.95. The van der Waals surface area contributed by atoms with Gasteiger partial charge in [-0.25, -0.2) is 0 Å². The van der Waals surface area contributed by atoms with E-state index in [9.17, 15) is 0 Å². The summed E-state index contributed by atoms with van der Waals surface area (Å²) in [5.41, 5.74) is 0. The van der Waals surface area contributed by atoms with Crippen LogP contribution in [0.4, 0.5) is 0 Å². The molecule has 0 aliphatic rings. The van der Waals surface area contributed by atoms with Gasteiger partial charge in [0.25, 0.3) is 0 Å². The molecule has 0 bridgehead atoms. The molecule has 0 atom stereocenters. The van der Waals surface area contributed by atoms with Crippen molar-refractivity contribution in [2.24, 2.45) is 0 Å². The molecule has 33 heavy (non-hydrogen) atoms. The van der Waals surface area contributed by atoms with Gasteiger partial charge in [-0.3, -0.25) is 0 Å². The van der Waals surface area contributed by atoms with Crippen LogP contribution in [0.3, 0.4) is 0 Å². The van der Waals surface area contributed by atoms with Gasteiger partial charge in [-0.1, -0.05) is 53.4 Å². The molecular weight excluding hydrogens is 420 g/mol. The molecule has 0 aromatic rings. The van der Waals surface area contributed by atoms with Gasteiger partial charge in [-0.15, -0.1) is 0 Å². The maximum atomic E-state index is 6.08. The first kappa shape index (κ1) is 32.7. The third kappa shape index (κ3) is 21.9. The predicted octanol–water partition coefficient (Wildman–Crippen LogP) is 3.22. The van der Waals surface area contributed by atoms with Gasteiger partial charge in [0, 0.05) is 26.2 Å². The van der Waals surface area contributed by atoms with Gasteiger partial charge in [0.1, 0.15) is 0 Å². The first-order valence-electron chi connectivity index (χ1n) is 13.6. The standard InChI is InChI=1S/C25H56N4O4/c1-5-9-13-26-17-21-30-25(31-22-18-27-14-10-6-2,32-23-19-28-15-11-7-3)33-24-20-29-16-12-8-4/h26-29H,5-24H2,1-4H3. The van der Waals surface area contributed by atoms with Gasteiger partial charge in [0.15, 0.2) is 0 Å². The molecule has 0 aromatic carbocycles. The van der Waals surface area contributed by atoms with Crippen molar-refractivity contribution in [1.82, 2.24) is 21.3 Å². The van der Waals surface area contributed by atoms with E-state index in [1.165, 1.54) is 25.7 Å². The van der Waals surface area contributed by atoms with Crippen molar-refractivity contribution in [2.45, 2.75) is 85.2 Å². The molecule has 0 aliphatic carbocycles. The average Bonchev–Trinajstić information content (AvgIpc) is 2.83. The highest BCUT2D eigenvalue weighted by Crippen LogP contribution is 2.17. The monoisotopic (exact) mass is 476 g/mol. The number of nitrogens with one attached hydrogen (secondary N) is 4. The van der Waals surface area contributed by atoms with Crippen molar-refractivity contribution in [2.75, 3.05) is 78.8 Å². The zero-order valence-corrected chi connectivity index (χ0v) is 22.3. The van der Waals surface area contributed by atoms with Crippen LogP contribution in [-0.2, 0) is 18.9 Å². The van der Waals surface area contributed by atoms with Gasteiger partial charge < -0.3 is 40.2 Å². The molecule has 4 N–H and O–H groups in total. The molecule has 0 heterocycles. The summed E-state index contributed by atoms with van der Waals surface area (Å²) in [7, 11) is 0. The summed E-state index contributed by atoms with van der Waals surface area (Å²) in [5.74, 6) is 0. The van der Waals surface area contributed by atoms with Crippen LogP contribution in [-0.4, -0.2) is 84.9 Å². The summed E-state index contributed by atoms with van der Waals surface area (Å²) in [6, 6.07) is 0. The van der Waals surface area contributed by atoms with Crippen LogP contribution in [0.25, 0.3) is 0 Å². The summed E-state index contributed by atoms with van der Waals surface area (Å²) < 4.78 is 24.3. The van der Waals surface area contributed by atoms with Crippen LogP contribution in [0, 0.1) is 0 Å². The second kappa shape index (κ2) is 26.3. The zero-order chi connectivity index (χ0) is 24.3. The number of rotatable bonds is 28. The van der Waals surface area contributed by atoms with E-state index < -0.39 is 6.16 Å². The molecule has 0 spiro atoms. The Hall–Kier alpha value is -0.320. The Morgan fingerprint density at radius 2 is 0.636 bits per heavy atom. The van der Waals surface area contributed by atoms with Crippen molar-refractivity contribution in [1.29, 1.82) is 0 Å². The average molecular weight is 477 g/mol. The minimum Gasteiger partial charge on any atom is -0.314 e. The molecule has 0 aliphatic heterocycles. The molecule has 0 amide bonds. The molecule has 0 saturated heterocycles. The normalized spacial score (nSPS) is 12.0. The highest BCUT2D eigenvalue weighted by molar-refractivity contribution is 4.55. The molecule has 0 unspecified atom stereocenters. The smallest absolute Gasteiger partial charge is 0.314 e. The van der Waals surface area contributed by atoms with Crippen molar-refractivity contribution in [3.8, 4) is 0 Å². The van der Waals surface area contributed by atoms with Gasteiger partial charge >= 0.3 is 6.16 Å². The van der Waals surface area contributed by atoms with Crippen LogP contribution in [0.15, 0.2) is 0 Å². The summed E-state index contributed by atoms with van der Waals surface area (Å²) in [4.78, 5) is 0. The van der Waals surface area contributed by atoms with E-state index in [1.54, 1.807) is 0 Å². The van der Waals surface area contributed by atoms with E-state index in [2.05, 4.69) is 49.0 Å². The first-order chi connectivity index (χ1) is 16.2. The lowest BCUT2D eigenvalue weighted by Crippen LogP contribution is -2.47. The van der Waals surface area contributed by atoms with Gasteiger partial charge in [0.05, 0.1) is 26.4 Å². The third-order valence-electron chi connectivity index (χ3n) is 5.06. The SMILES string of the molecule is CCCCNCCOC(OCCNCCCC)(OCCNCCCC)OCCNCCCC. The van der Waals surface area contributed by atoms with Gasteiger partial charge in [-0.2, -0.15) is 0 Å². The molecule has 0 radical (unpaired) electrons. The topological polar surface area (TPSA) is 85.0 Å². The molecule has 0 rings (SSSR count). The quantitative estimate of drug-likeness (QED) is 0.101. The zero-order valence-electron chi connectivity index (χ0n) is 22.3. The number of hydrogen-bond donors (Lipinski definition) is 4. The molecule has 0 saturated carbocycles. The summed E-state index contributed by atoms with van der Waals surface area (Å²) >= 11 is 0. The van der Waals surface area contributed by atoms with Crippen molar-refractivity contribution in [3.63, 3.8) is 0 Å². The third-order valence-corrected chi connectivity index (χ3v) is 5.06. The van der Waals surface area contributed by atoms with E-state index in [1.807, 2.05) is 0 Å². The lowest BCUT2D eigenvalue weighted by Gasteiger charge is -2.32. The summed E-state index contributed by atoms with van der Waals surface area (Å²) in [6.07, 6.45) is 7.86. The van der Waals surface area contributed by atoms with E-state index in [0.29, 0.717) is 26.4 Å². The molecular formula is C25H56N4O4. The number of hydrogen-bond acceptors (Lipinski definition) is 8. The van der Waals surface area contributed by atoms with Crippen LogP contribution < -0.4 is 21.3 Å². The van der Waals surface area contributed by atoms with E-state index in [4.69, 9.17) is 18.9 Å². The molecule has 8 nitrogen and oxygen atoms in total. The van der Waals surface area contributed by atoms with Crippen LogP contribution in [0.2, 0.25) is 0 Å². The van der Waals surface area contributed by atoms with E-state index >= 15 is 0 Å². The Labute approximate surface area is 204 Å². The number of ether oxygens (including phenoxy) is 4. The molecule has 0 fully saturated rings. The summed E-state index contributed by atoms with van der Waals surface area (Å²) in [6.45, 7) is 17.5. The Morgan fingerprint density at radius 1 is 0.394 bits per heavy atom. The van der Waals surface area contributed by atoms with E-state index in [0.717, 1.165) is 78.0 Å². The maximum Gasteiger partial charge on any atom is 0.412 e. The Balaban J connectivity index is 4.74. The van der Waals surface area contributed by atoms with Gasteiger partial charge in [-0.05, 0) is 51.9 Å².